The van der Waals surface area contributed by atoms with E-state index in [2.05, 4.69) is 37.1 Å². The van der Waals surface area contributed by atoms with Crippen LogP contribution in [0, 0.1) is 5.92 Å². The van der Waals surface area contributed by atoms with Gasteiger partial charge in [0.2, 0.25) is 5.95 Å². The molecule has 2 aromatic carbocycles. The lowest BCUT2D eigenvalue weighted by molar-refractivity contribution is -0.143. The fraction of sp³-hybridized carbons (Fsp3) is 0.320. The number of hydrogen-bond donors (Lipinski definition) is 2. The molecule has 1 saturated heterocycles. The average Bonchev–Trinajstić information content (AvgIpc) is 2.84. The molecule has 7 nitrogen and oxygen atoms in total. The normalized spacial score (nSPS) is 14.8. The highest BCUT2D eigenvalue weighted by atomic mass is 19.3. The van der Waals surface area contributed by atoms with E-state index in [1.54, 1.807) is 24.5 Å². The van der Waals surface area contributed by atoms with Gasteiger partial charge in [-0.1, -0.05) is 24.3 Å². The Hall–Kier alpha value is -3.59. The molecular formula is C25H26F2N4O3. The Morgan fingerprint density at radius 2 is 1.68 bits per heavy atom. The third-order valence-corrected chi connectivity index (χ3v) is 5.93. The number of halogens is 2. The smallest absolute Gasteiger partial charge is 0.387 e. The standard InChI is InChI=1S/C25H26F2N4O3/c26-24(27)34-22-7-3-18(4-8-22)20-15-28-25(29-16-20)30-21-5-1-17(2-6-21)9-12-31-13-10-19(11-14-31)23(32)33/h1-8,15-16,19,24H,9-14H2,(H,32,33)(H,28,29,30). The number of carboxylic acids is 1. The number of aliphatic carboxylic acids is 1. The SMILES string of the molecule is O=C(O)C1CCN(CCc2ccc(Nc3ncc(-c4ccc(OC(F)F)cc4)cn3)cc2)CC1. The molecule has 9 heteroatoms. The van der Waals surface area contributed by atoms with Crippen LogP contribution < -0.4 is 10.1 Å². The van der Waals surface area contributed by atoms with E-state index < -0.39 is 12.6 Å². The third kappa shape index (κ3) is 6.48. The summed E-state index contributed by atoms with van der Waals surface area (Å²) in [5.41, 5.74) is 3.63. The molecule has 178 valence electrons. The highest BCUT2D eigenvalue weighted by molar-refractivity contribution is 5.70. The van der Waals surface area contributed by atoms with Crippen molar-refractivity contribution in [2.75, 3.05) is 25.0 Å². The second kappa shape index (κ2) is 11.0. The van der Waals surface area contributed by atoms with Crippen LogP contribution in [0.15, 0.2) is 60.9 Å². The fourth-order valence-corrected chi connectivity index (χ4v) is 3.95. The van der Waals surface area contributed by atoms with Crippen molar-refractivity contribution in [1.82, 2.24) is 14.9 Å². The van der Waals surface area contributed by atoms with Gasteiger partial charge in [-0.05, 0) is 67.7 Å². The molecule has 0 spiro atoms. The number of aromatic nitrogens is 2. The number of piperidine rings is 1. The second-order valence-electron chi connectivity index (χ2n) is 8.22. The van der Waals surface area contributed by atoms with Crippen molar-refractivity contribution in [3.63, 3.8) is 0 Å². The van der Waals surface area contributed by atoms with Crippen molar-refractivity contribution in [3.05, 3.63) is 66.5 Å². The molecule has 1 aromatic heterocycles. The summed E-state index contributed by atoms with van der Waals surface area (Å²) in [5.74, 6) is -0.330. The lowest BCUT2D eigenvalue weighted by atomic mass is 9.97. The Kier molecular flexibility index (Phi) is 7.64. The van der Waals surface area contributed by atoms with Gasteiger partial charge in [0.1, 0.15) is 5.75 Å². The molecule has 0 saturated carbocycles. The van der Waals surface area contributed by atoms with Gasteiger partial charge in [0.05, 0.1) is 5.92 Å². The van der Waals surface area contributed by atoms with Gasteiger partial charge in [-0.15, -0.1) is 0 Å². The fourth-order valence-electron chi connectivity index (χ4n) is 3.95. The molecule has 3 aromatic rings. The highest BCUT2D eigenvalue weighted by Gasteiger charge is 2.23. The van der Waals surface area contributed by atoms with Crippen molar-refractivity contribution in [2.24, 2.45) is 5.92 Å². The van der Waals surface area contributed by atoms with Crippen molar-refractivity contribution < 1.29 is 23.4 Å². The number of benzene rings is 2. The summed E-state index contributed by atoms with van der Waals surface area (Å²) < 4.78 is 28.9. The second-order valence-corrected chi connectivity index (χ2v) is 8.22. The van der Waals surface area contributed by atoms with E-state index in [-0.39, 0.29) is 11.7 Å². The summed E-state index contributed by atoms with van der Waals surface area (Å²) in [7, 11) is 0. The van der Waals surface area contributed by atoms with Gasteiger partial charge in [0.25, 0.3) is 0 Å². The van der Waals surface area contributed by atoms with Crippen LogP contribution in [-0.2, 0) is 11.2 Å². The maximum absolute atomic E-state index is 12.3. The van der Waals surface area contributed by atoms with Gasteiger partial charge in [-0.25, -0.2) is 9.97 Å². The zero-order chi connectivity index (χ0) is 23.9. The number of likely N-dealkylation sites (tertiary alicyclic amines) is 1. The summed E-state index contributed by atoms with van der Waals surface area (Å²) in [6, 6.07) is 14.4. The first kappa shape index (κ1) is 23.6. The monoisotopic (exact) mass is 468 g/mol. The van der Waals surface area contributed by atoms with Gasteiger partial charge in [0, 0.05) is 30.2 Å². The molecule has 1 aliphatic heterocycles. The summed E-state index contributed by atoms with van der Waals surface area (Å²) in [6.45, 7) is -0.273. The molecule has 0 aliphatic carbocycles. The van der Waals surface area contributed by atoms with Gasteiger partial charge >= 0.3 is 12.6 Å². The van der Waals surface area contributed by atoms with Gasteiger partial charge in [0.15, 0.2) is 0 Å². The molecule has 0 bridgehead atoms. The van der Waals surface area contributed by atoms with Crippen LogP contribution in [0.1, 0.15) is 18.4 Å². The predicted octanol–water partition coefficient (Wildman–Crippen LogP) is 4.83. The van der Waals surface area contributed by atoms with Crippen LogP contribution in [0.3, 0.4) is 0 Å². The van der Waals surface area contributed by atoms with Gasteiger partial charge in [-0.3, -0.25) is 4.79 Å². The number of carboxylic acid groups (broad SMARTS) is 1. The molecule has 4 rings (SSSR count). The van der Waals surface area contributed by atoms with Crippen molar-refractivity contribution in [2.45, 2.75) is 25.9 Å². The van der Waals surface area contributed by atoms with E-state index in [1.165, 1.54) is 17.7 Å². The number of carbonyl (C=O) groups is 1. The minimum atomic E-state index is -2.85. The van der Waals surface area contributed by atoms with E-state index in [1.807, 2.05) is 12.1 Å². The van der Waals surface area contributed by atoms with Crippen LogP contribution in [0.4, 0.5) is 20.4 Å². The molecule has 1 aliphatic rings. The zero-order valence-electron chi connectivity index (χ0n) is 18.5. The Morgan fingerprint density at radius 3 is 2.26 bits per heavy atom. The van der Waals surface area contributed by atoms with Crippen LogP contribution in [-0.4, -0.2) is 52.2 Å². The molecular weight excluding hydrogens is 442 g/mol. The minimum Gasteiger partial charge on any atom is -0.481 e. The van der Waals surface area contributed by atoms with Gasteiger partial charge in [-0.2, -0.15) is 8.78 Å². The first-order chi connectivity index (χ1) is 16.5. The molecule has 34 heavy (non-hydrogen) atoms. The van der Waals surface area contributed by atoms with E-state index in [0.717, 1.165) is 55.7 Å². The maximum atomic E-state index is 12.3. The molecule has 0 amide bonds. The van der Waals surface area contributed by atoms with Crippen LogP contribution >= 0.6 is 0 Å². The Balaban J connectivity index is 1.27. The van der Waals surface area contributed by atoms with Crippen molar-refractivity contribution in [1.29, 1.82) is 0 Å². The highest BCUT2D eigenvalue weighted by Crippen LogP contribution is 2.23. The number of anilines is 2. The number of ether oxygens (including phenoxy) is 1. The minimum absolute atomic E-state index is 0.101. The lowest BCUT2D eigenvalue weighted by Crippen LogP contribution is -2.37. The average molecular weight is 469 g/mol. The number of hydrogen-bond acceptors (Lipinski definition) is 6. The summed E-state index contributed by atoms with van der Waals surface area (Å²) >= 11 is 0. The zero-order valence-corrected chi connectivity index (χ0v) is 18.5. The summed E-state index contributed by atoms with van der Waals surface area (Å²) in [6.07, 6.45) is 5.68. The summed E-state index contributed by atoms with van der Waals surface area (Å²) in [4.78, 5) is 22.1. The van der Waals surface area contributed by atoms with Crippen LogP contribution in [0.25, 0.3) is 11.1 Å². The first-order valence-electron chi connectivity index (χ1n) is 11.1. The number of alkyl halides is 2. The first-order valence-corrected chi connectivity index (χ1v) is 11.1. The van der Waals surface area contributed by atoms with Gasteiger partial charge < -0.3 is 20.1 Å². The molecule has 1 fully saturated rings. The number of nitrogens with one attached hydrogen (secondary N) is 1. The predicted molar refractivity (Wildman–Crippen MR) is 124 cm³/mol. The van der Waals surface area contributed by atoms with E-state index in [0.29, 0.717) is 5.95 Å². The molecule has 0 radical (unpaired) electrons. The Morgan fingerprint density at radius 1 is 1.03 bits per heavy atom. The quantitative estimate of drug-likeness (QED) is 0.465. The van der Waals surface area contributed by atoms with E-state index in [4.69, 9.17) is 5.11 Å². The number of nitrogens with zero attached hydrogens (tertiary/aromatic N) is 3. The van der Waals surface area contributed by atoms with Crippen molar-refractivity contribution >= 4 is 17.6 Å². The molecule has 2 N–H and O–H groups in total. The Labute approximate surface area is 196 Å². The topological polar surface area (TPSA) is 87.6 Å². The maximum Gasteiger partial charge on any atom is 0.387 e. The third-order valence-electron chi connectivity index (χ3n) is 5.93. The van der Waals surface area contributed by atoms with E-state index >= 15 is 0 Å². The van der Waals surface area contributed by atoms with Crippen LogP contribution in [0.2, 0.25) is 0 Å². The number of rotatable bonds is 9. The molecule has 0 unspecified atom stereocenters. The lowest BCUT2D eigenvalue weighted by Gasteiger charge is -2.29. The van der Waals surface area contributed by atoms with E-state index in [9.17, 15) is 13.6 Å². The Bertz CT molecular complexity index is 1070. The van der Waals surface area contributed by atoms with Crippen molar-refractivity contribution in [3.8, 4) is 16.9 Å². The molecule has 0 atom stereocenters. The summed E-state index contributed by atoms with van der Waals surface area (Å²) in [5, 5.41) is 12.3. The largest absolute Gasteiger partial charge is 0.481 e. The van der Waals surface area contributed by atoms with Crippen LogP contribution in [0.5, 0.6) is 5.75 Å². The molecule has 2 heterocycles.